The number of rotatable bonds is 6. The summed E-state index contributed by atoms with van der Waals surface area (Å²) in [5, 5.41) is 0. The highest BCUT2D eigenvalue weighted by Crippen LogP contribution is 2.40. The standard InChI is InChI=1S/C26H46N2O4/c1-12-13-20(21(29)31-18-14-23(2,3)27(10)24(4,5)15-18)22(30)32-19-16-25(6,7)28(11)26(8,9)17-19/h12,18-20H,1,13-17H2,2-11H3. The van der Waals surface area contributed by atoms with E-state index in [9.17, 15) is 9.59 Å². The smallest absolute Gasteiger partial charge is 0.320 e. The summed E-state index contributed by atoms with van der Waals surface area (Å²) >= 11 is 0. The lowest BCUT2D eigenvalue weighted by Gasteiger charge is -2.53. The van der Waals surface area contributed by atoms with E-state index in [1.807, 2.05) is 0 Å². The second-order valence-corrected chi connectivity index (χ2v) is 12.4. The molecular weight excluding hydrogens is 404 g/mol. The van der Waals surface area contributed by atoms with E-state index < -0.39 is 17.9 Å². The van der Waals surface area contributed by atoms with Crippen LogP contribution < -0.4 is 0 Å². The molecule has 2 rings (SSSR count). The largest absolute Gasteiger partial charge is 0.462 e. The van der Waals surface area contributed by atoms with Crippen LogP contribution in [0.5, 0.6) is 0 Å². The van der Waals surface area contributed by atoms with Crippen molar-refractivity contribution in [3.8, 4) is 0 Å². The van der Waals surface area contributed by atoms with Crippen molar-refractivity contribution in [2.45, 2.75) is 122 Å². The number of carbonyl (C=O) groups excluding carboxylic acids is 2. The minimum absolute atomic E-state index is 0.105. The molecular formula is C26H46N2O4. The summed E-state index contributed by atoms with van der Waals surface area (Å²) < 4.78 is 11.8. The average molecular weight is 451 g/mol. The van der Waals surface area contributed by atoms with Gasteiger partial charge in [0, 0.05) is 47.8 Å². The minimum Gasteiger partial charge on any atom is -0.462 e. The van der Waals surface area contributed by atoms with E-state index in [-0.39, 0.29) is 40.8 Å². The van der Waals surface area contributed by atoms with Crippen molar-refractivity contribution in [3.05, 3.63) is 12.7 Å². The first-order chi connectivity index (χ1) is 14.4. The Morgan fingerprint density at radius 2 is 1.06 bits per heavy atom. The van der Waals surface area contributed by atoms with E-state index in [4.69, 9.17) is 9.47 Å². The van der Waals surface area contributed by atoms with E-state index in [0.717, 1.165) is 25.7 Å². The van der Waals surface area contributed by atoms with Crippen molar-refractivity contribution < 1.29 is 19.1 Å². The summed E-state index contributed by atoms with van der Waals surface area (Å²) in [5.41, 5.74) is -0.419. The molecule has 2 heterocycles. The normalized spacial score (nSPS) is 26.0. The van der Waals surface area contributed by atoms with Gasteiger partial charge in [-0.05, 0) is 75.9 Å². The van der Waals surface area contributed by atoms with Crippen LogP contribution in [-0.4, -0.2) is 70.2 Å². The van der Waals surface area contributed by atoms with Gasteiger partial charge in [0.15, 0.2) is 5.92 Å². The first-order valence-electron chi connectivity index (χ1n) is 11.9. The van der Waals surface area contributed by atoms with Gasteiger partial charge in [-0.3, -0.25) is 19.4 Å². The highest BCUT2D eigenvalue weighted by Gasteiger charge is 2.47. The van der Waals surface area contributed by atoms with Crippen molar-refractivity contribution in [2.24, 2.45) is 5.92 Å². The molecule has 0 unspecified atom stereocenters. The fourth-order valence-corrected chi connectivity index (χ4v) is 5.67. The molecule has 0 aromatic heterocycles. The quantitative estimate of drug-likeness (QED) is 0.336. The Morgan fingerprint density at radius 3 is 1.31 bits per heavy atom. The zero-order valence-electron chi connectivity index (χ0n) is 22.1. The lowest BCUT2D eigenvalue weighted by molar-refractivity contribution is -0.177. The predicted molar refractivity (Wildman–Crippen MR) is 128 cm³/mol. The molecule has 0 N–H and O–H groups in total. The fraction of sp³-hybridized carbons (Fsp3) is 0.846. The molecule has 184 valence electrons. The summed E-state index contributed by atoms with van der Waals surface area (Å²) in [6.07, 6.45) is 4.26. The van der Waals surface area contributed by atoms with E-state index in [2.05, 4.69) is 85.9 Å². The molecule has 0 spiro atoms. The summed E-state index contributed by atoms with van der Waals surface area (Å²) in [5.74, 6) is -1.96. The molecule has 0 radical (unpaired) electrons. The Kier molecular flexibility index (Phi) is 7.63. The molecule has 0 saturated carbocycles. The number of hydrogen-bond acceptors (Lipinski definition) is 6. The third-order valence-corrected chi connectivity index (χ3v) is 8.08. The topological polar surface area (TPSA) is 59.1 Å². The number of ether oxygens (including phenoxy) is 2. The number of allylic oxidation sites excluding steroid dienone is 1. The van der Waals surface area contributed by atoms with Gasteiger partial charge in [0.25, 0.3) is 0 Å². The summed E-state index contributed by atoms with van der Waals surface area (Å²) in [6, 6.07) is 0. The van der Waals surface area contributed by atoms with E-state index in [1.165, 1.54) is 0 Å². The van der Waals surface area contributed by atoms with Crippen molar-refractivity contribution in [1.82, 2.24) is 9.80 Å². The average Bonchev–Trinajstić information content (AvgIpc) is 2.60. The highest BCUT2D eigenvalue weighted by molar-refractivity contribution is 5.95. The van der Waals surface area contributed by atoms with Gasteiger partial charge in [-0.15, -0.1) is 6.58 Å². The number of nitrogens with zero attached hydrogens (tertiary/aromatic N) is 2. The molecule has 0 atom stereocenters. The molecule has 2 saturated heterocycles. The van der Waals surface area contributed by atoms with Gasteiger partial charge in [0.05, 0.1) is 0 Å². The molecule has 32 heavy (non-hydrogen) atoms. The van der Waals surface area contributed by atoms with Crippen molar-refractivity contribution >= 4 is 11.9 Å². The molecule has 0 aromatic carbocycles. The van der Waals surface area contributed by atoms with Crippen LogP contribution in [0.2, 0.25) is 0 Å². The number of likely N-dealkylation sites (tertiary alicyclic amines) is 2. The van der Waals surface area contributed by atoms with Crippen molar-refractivity contribution in [2.75, 3.05) is 14.1 Å². The first kappa shape index (κ1) is 26.8. The maximum atomic E-state index is 13.1. The van der Waals surface area contributed by atoms with Crippen LogP contribution in [0.15, 0.2) is 12.7 Å². The van der Waals surface area contributed by atoms with E-state index >= 15 is 0 Å². The molecule has 0 bridgehead atoms. The minimum atomic E-state index is -0.968. The lowest BCUT2D eigenvalue weighted by atomic mass is 9.78. The van der Waals surface area contributed by atoms with Crippen LogP contribution in [0.3, 0.4) is 0 Å². The third kappa shape index (κ3) is 5.74. The van der Waals surface area contributed by atoms with Crippen molar-refractivity contribution in [3.63, 3.8) is 0 Å². The lowest BCUT2D eigenvalue weighted by Crippen LogP contribution is -2.60. The van der Waals surface area contributed by atoms with Gasteiger partial charge in [0.2, 0.25) is 0 Å². The highest BCUT2D eigenvalue weighted by atomic mass is 16.6. The zero-order chi connectivity index (χ0) is 24.7. The Bertz CT molecular complexity index is 633. The summed E-state index contributed by atoms with van der Waals surface area (Å²) in [6.45, 7) is 21.0. The number of carbonyl (C=O) groups is 2. The van der Waals surface area contributed by atoms with Crippen LogP contribution >= 0.6 is 0 Å². The van der Waals surface area contributed by atoms with Crippen LogP contribution in [0.25, 0.3) is 0 Å². The number of esters is 2. The van der Waals surface area contributed by atoms with Crippen LogP contribution in [-0.2, 0) is 19.1 Å². The Hall–Kier alpha value is -1.40. The van der Waals surface area contributed by atoms with E-state index in [1.54, 1.807) is 6.08 Å². The Labute approximate surface area is 195 Å². The second-order valence-electron chi connectivity index (χ2n) is 12.4. The fourth-order valence-electron chi connectivity index (χ4n) is 5.67. The van der Waals surface area contributed by atoms with Crippen molar-refractivity contribution in [1.29, 1.82) is 0 Å². The van der Waals surface area contributed by atoms with Gasteiger partial charge in [-0.25, -0.2) is 0 Å². The van der Waals surface area contributed by atoms with E-state index in [0.29, 0.717) is 0 Å². The van der Waals surface area contributed by atoms with Gasteiger partial charge in [-0.2, -0.15) is 0 Å². The molecule has 6 heteroatoms. The molecule has 2 aliphatic rings. The Balaban J connectivity index is 2.10. The SMILES string of the molecule is C=CCC(C(=O)OC1CC(C)(C)N(C)C(C)(C)C1)C(=O)OC1CC(C)(C)N(C)C(C)(C)C1. The van der Waals surface area contributed by atoms with Crippen LogP contribution in [0.1, 0.15) is 87.5 Å². The van der Waals surface area contributed by atoms with Gasteiger partial charge in [0.1, 0.15) is 12.2 Å². The second kappa shape index (κ2) is 9.09. The maximum Gasteiger partial charge on any atom is 0.320 e. The molecule has 0 aliphatic carbocycles. The molecule has 6 nitrogen and oxygen atoms in total. The van der Waals surface area contributed by atoms with Gasteiger partial charge >= 0.3 is 11.9 Å². The monoisotopic (exact) mass is 450 g/mol. The maximum absolute atomic E-state index is 13.1. The zero-order valence-corrected chi connectivity index (χ0v) is 22.1. The first-order valence-corrected chi connectivity index (χ1v) is 11.9. The van der Waals surface area contributed by atoms with Crippen LogP contribution in [0.4, 0.5) is 0 Å². The number of piperidine rings is 2. The number of hydrogen-bond donors (Lipinski definition) is 0. The Morgan fingerprint density at radius 1 is 0.781 bits per heavy atom. The predicted octanol–water partition coefficient (Wildman–Crippen LogP) is 4.57. The molecule has 2 aliphatic heterocycles. The van der Waals surface area contributed by atoms with Gasteiger partial charge in [-0.1, -0.05) is 6.08 Å². The molecule has 2 fully saturated rings. The van der Waals surface area contributed by atoms with Crippen LogP contribution in [0, 0.1) is 5.92 Å². The summed E-state index contributed by atoms with van der Waals surface area (Å²) in [4.78, 5) is 30.9. The molecule has 0 aromatic rings. The summed E-state index contributed by atoms with van der Waals surface area (Å²) in [7, 11) is 4.22. The third-order valence-electron chi connectivity index (χ3n) is 8.08. The molecule has 0 amide bonds. The van der Waals surface area contributed by atoms with Gasteiger partial charge < -0.3 is 9.47 Å².